The van der Waals surface area contributed by atoms with Gasteiger partial charge in [0, 0.05) is 19.3 Å². The lowest BCUT2D eigenvalue weighted by atomic mass is 10.1. The van der Waals surface area contributed by atoms with Gasteiger partial charge in [0.15, 0.2) is 6.10 Å². The fourth-order valence-electron chi connectivity index (χ4n) is 6.96. The summed E-state index contributed by atoms with van der Waals surface area (Å²) in [6, 6.07) is 0. The van der Waals surface area contributed by atoms with E-state index in [0.29, 0.717) is 19.3 Å². The summed E-state index contributed by atoms with van der Waals surface area (Å²) >= 11 is 0. The maximum absolute atomic E-state index is 12.8. The topological polar surface area (TPSA) is 78.9 Å². The molecule has 0 N–H and O–H groups in total. The number of rotatable bonds is 47. The molecule has 0 aliphatic rings. The first kappa shape index (κ1) is 62.1. The van der Waals surface area contributed by atoms with Gasteiger partial charge in [-0.3, -0.25) is 14.4 Å². The lowest BCUT2D eigenvalue weighted by Crippen LogP contribution is -2.30. The first-order chi connectivity index (χ1) is 32.5. The summed E-state index contributed by atoms with van der Waals surface area (Å²) in [7, 11) is 0. The highest BCUT2D eigenvalue weighted by molar-refractivity contribution is 5.71. The lowest BCUT2D eigenvalue weighted by Gasteiger charge is -2.18. The molecule has 0 amide bonds. The molecule has 0 aromatic carbocycles. The van der Waals surface area contributed by atoms with Gasteiger partial charge in [-0.25, -0.2) is 0 Å². The largest absolute Gasteiger partial charge is 0.462 e. The van der Waals surface area contributed by atoms with Crippen LogP contribution in [0.25, 0.3) is 0 Å². The van der Waals surface area contributed by atoms with Crippen LogP contribution in [0.1, 0.15) is 233 Å². The van der Waals surface area contributed by atoms with Crippen molar-refractivity contribution in [2.24, 2.45) is 0 Å². The maximum Gasteiger partial charge on any atom is 0.306 e. The van der Waals surface area contributed by atoms with Gasteiger partial charge in [0.25, 0.3) is 0 Å². The fraction of sp³-hybridized carbons (Fsp3) is 0.650. The maximum atomic E-state index is 12.8. The van der Waals surface area contributed by atoms with Gasteiger partial charge < -0.3 is 14.2 Å². The molecule has 1 atom stereocenters. The Morgan fingerprint density at radius 1 is 0.318 bits per heavy atom. The molecule has 1 unspecified atom stereocenters. The smallest absolute Gasteiger partial charge is 0.306 e. The van der Waals surface area contributed by atoms with Crippen LogP contribution in [0.4, 0.5) is 0 Å². The van der Waals surface area contributed by atoms with Crippen LogP contribution in [0.2, 0.25) is 0 Å². The summed E-state index contributed by atoms with van der Waals surface area (Å²) in [4.78, 5) is 38.0. The van der Waals surface area contributed by atoms with Gasteiger partial charge in [0.1, 0.15) is 13.2 Å². The van der Waals surface area contributed by atoms with Gasteiger partial charge in [0.2, 0.25) is 0 Å². The van der Waals surface area contributed by atoms with Crippen molar-refractivity contribution in [1.29, 1.82) is 0 Å². The minimum atomic E-state index is -0.817. The molecule has 0 saturated carbocycles. The van der Waals surface area contributed by atoms with Crippen molar-refractivity contribution < 1.29 is 28.6 Å². The molecule has 0 spiro atoms. The second kappa shape index (κ2) is 53.7. The quantitative estimate of drug-likeness (QED) is 0.0262. The average molecular weight is 915 g/mol. The fourth-order valence-corrected chi connectivity index (χ4v) is 6.96. The number of ether oxygens (including phenoxy) is 3. The van der Waals surface area contributed by atoms with Crippen molar-refractivity contribution in [3.8, 4) is 0 Å². The first-order valence-electron chi connectivity index (χ1n) is 26.9. The van der Waals surface area contributed by atoms with Crippen LogP contribution >= 0.6 is 0 Å². The third-order valence-electron chi connectivity index (χ3n) is 11.0. The summed E-state index contributed by atoms with van der Waals surface area (Å²) in [6.07, 6.45) is 72.2. The molecule has 0 heterocycles. The van der Waals surface area contributed by atoms with E-state index in [0.717, 1.165) is 103 Å². The molecule has 0 saturated heterocycles. The second-order valence-corrected chi connectivity index (χ2v) is 17.4. The van der Waals surface area contributed by atoms with E-state index in [9.17, 15) is 14.4 Å². The van der Waals surface area contributed by atoms with Crippen LogP contribution in [-0.2, 0) is 28.6 Å². The molecular formula is C60H98O6. The molecule has 6 heteroatoms. The molecule has 0 aliphatic carbocycles. The summed E-state index contributed by atoms with van der Waals surface area (Å²) < 4.78 is 16.7. The summed E-state index contributed by atoms with van der Waals surface area (Å²) in [5.41, 5.74) is 0. The molecule has 0 fully saturated rings. The molecule has 374 valence electrons. The van der Waals surface area contributed by atoms with Gasteiger partial charge in [-0.15, -0.1) is 0 Å². The summed E-state index contributed by atoms with van der Waals surface area (Å²) in [6.45, 7) is 6.39. The first-order valence-corrected chi connectivity index (χ1v) is 26.9. The van der Waals surface area contributed by atoms with E-state index in [1.165, 1.54) is 83.5 Å². The van der Waals surface area contributed by atoms with E-state index in [1.54, 1.807) is 0 Å². The van der Waals surface area contributed by atoms with Crippen molar-refractivity contribution in [3.05, 3.63) is 109 Å². The van der Waals surface area contributed by atoms with Gasteiger partial charge in [0.05, 0.1) is 0 Å². The molecular weight excluding hydrogens is 817 g/mol. The van der Waals surface area contributed by atoms with Crippen molar-refractivity contribution in [2.75, 3.05) is 13.2 Å². The van der Waals surface area contributed by atoms with Gasteiger partial charge >= 0.3 is 17.9 Å². The molecule has 0 rings (SSSR count). The van der Waals surface area contributed by atoms with Crippen LogP contribution in [-0.4, -0.2) is 37.2 Å². The number of esters is 3. The number of carbonyl (C=O) groups is 3. The highest BCUT2D eigenvalue weighted by Crippen LogP contribution is 2.13. The zero-order valence-electron chi connectivity index (χ0n) is 42.7. The van der Waals surface area contributed by atoms with Crippen LogP contribution in [0.5, 0.6) is 0 Å². The molecule has 0 aromatic heterocycles. The van der Waals surface area contributed by atoms with Crippen molar-refractivity contribution in [3.63, 3.8) is 0 Å². The van der Waals surface area contributed by atoms with Gasteiger partial charge in [-0.1, -0.05) is 207 Å². The Kier molecular flexibility index (Phi) is 50.5. The highest BCUT2D eigenvalue weighted by atomic mass is 16.6. The lowest BCUT2D eigenvalue weighted by molar-refractivity contribution is -0.166. The van der Waals surface area contributed by atoms with Gasteiger partial charge in [-0.05, 0) is 116 Å². The Hall–Kier alpha value is -3.93. The van der Waals surface area contributed by atoms with Gasteiger partial charge in [-0.2, -0.15) is 0 Å². The third kappa shape index (κ3) is 51.1. The standard InChI is InChI=1S/C60H98O6/c1-4-7-10-13-16-19-22-25-27-29-30-32-33-35-38-41-44-47-50-53-59(62)65-56-57(55-64-58(61)52-49-46-43-40-37-24-21-18-15-12-9-6-3)66-60(63)54-51-48-45-42-39-36-34-31-28-26-23-20-17-14-11-8-5-2/h7,10,16-21,25-28,30,32,35,38,44,47,57H,4-6,8-9,11-15,22-24,29,31,33-34,36-37,39-43,45-46,48-56H2,1-3H3/b10-7-,19-16-,20-17-,21-18-,27-25-,28-26-,32-30-,38-35-,47-44-. The summed E-state index contributed by atoms with van der Waals surface area (Å²) in [5.74, 6) is -1.02. The van der Waals surface area contributed by atoms with E-state index in [2.05, 4.69) is 124 Å². The number of carbonyl (C=O) groups excluding carboxylic acids is 3. The highest BCUT2D eigenvalue weighted by Gasteiger charge is 2.19. The van der Waals surface area contributed by atoms with Crippen LogP contribution in [0.15, 0.2) is 109 Å². The Morgan fingerprint density at radius 3 is 1.03 bits per heavy atom. The molecule has 0 aromatic rings. The predicted octanol–water partition coefficient (Wildman–Crippen LogP) is 17.9. The van der Waals surface area contributed by atoms with E-state index < -0.39 is 6.10 Å². The molecule has 0 radical (unpaired) electrons. The summed E-state index contributed by atoms with van der Waals surface area (Å²) in [5, 5.41) is 0. The Balaban J connectivity index is 4.52. The number of allylic oxidation sites excluding steroid dienone is 18. The van der Waals surface area contributed by atoms with E-state index in [1.807, 2.05) is 6.08 Å². The van der Waals surface area contributed by atoms with Crippen molar-refractivity contribution in [1.82, 2.24) is 0 Å². The van der Waals surface area contributed by atoms with Crippen LogP contribution in [0.3, 0.4) is 0 Å². The number of hydrogen-bond donors (Lipinski definition) is 0. The minimum absolute atomic E-state index is 0.111. The van der Waals surface area contributed by atoms with Crippen LogP contribution < -0.4 is 0 Å². The van der Waals surface area contributed by atoms with Crippen molar-refractivity contribution >= 4 is 17.9 Å². The monoisotopic (exact) mass is 915 g/mol. The predicted molar refractivity (Wildman–Crippen MR) is 283 cm³/mol. The number of hydrogen-bond acceptors (Lipinski definition) is 6. The zero-order valence-corrected chi connectivity index (χ0v) is 42.7. The molecule has 6 nitrogen and oxygen atoms in total. The molecule has 0 aliphatic heterocycles. The SMILES string of the molecule is CC/C=C\C/C=C\C/C=C\C/C=C\C/C=C\C/C=C\CCC(=O)OCC(COC(=O)CCCCCCC/C=C\CCCCC)OC(=O)CCCCCCCCC/C=C\C/C=C\CCCCC. The second-order valence-electron chi connectivity index (χ2n) is 17.4. The van der Waals surface area contributed by atoms with Crippen LogP contribution in [0, 0.1) is 0 Å². The van der Waals surface area contributed by atoms with E-state index >= 15 is 0 Å². The van der Waals surface area contributed by atoms with E-state index in [-0.39, 0.29) is 37.5 Å². The molecule has 0 bridgehead atoms. The normalized spacial score (nSPS) is 13.0. The molecule has 66 heavy (non-hydrogen) atoms. The van der Waals surface area contributed by atoms with Crippen molar-refractivity contribution in [2.45, 2.75) is 239 Å². The average Bonchev–Trinajstić information content (AvgIpc) is 3.31. The van der Waals surface area contributed by atoms with E-state index in [4.69, 9.17) is 14.2 Å². The Morgan fingerprint density at radius 2 is 0.621 bits per heavy atom. The third-order valence-corrected chi connectivity index (χ3v) is 11.0. The number of unbranched alkanes of at least 4 members (excludes halogenated alkanes) is 18. The Bertz CT molecular complexity index is 1370. The zero-order chi connectivity index (χ0) is 47.9. The minimum Gasteiger partial charge on any atom is -0.462 e. The Labute approximate surface area is 406 Å².